The van der Waals surface area contributed by atoms with Crippen LogP contribution in [-0.4, -0.2) is 25.4 Å². The van der Waals surface area contributed by atoms with Crippen molar-refractivity contribution in [1.29, 1.82) is 0 Å². The summed E-state index contributed by atoms with van der Waals surface area (Å²) in [6.45, 7) is -0.385. The molecule has 3 N–H and O–H groups in total. The van der Waals surface area contributed by atoms with Crippen molar-refractivity contribution in [2.45, 2.75) is 6.43 Å². The summed E-state index contributed by atoms with van der Waals surface area (Å²) in [4.78, 5) is 11.4. The summed E-state index contributed by atoms with van der Waals surface area (Å²) in [6, 6.07) is 6.34. The lowest BCUT2D eigenvalue weighted by Gasteiger charge is -2.04. The van der Waals surface area contributed by atoms with Crippen LogP contribution in [0, 0.1) is 11.8 Å². The Morgan fingerprint density at radius 2 is 2.00 bits per heavy atom. The Bertz CT molecular complexity index is 432. The maximum atomic E-state index is 11.9. The van der Waals surface area contributed by atoms with Gasteiger partial charge in [0.2, 0.25) is 0 Å². The largest absolute Gasteiger partial charge is 0.346 e. The Labute approximate surface area is 98.0 Å². The van der Waals surface area contributed by atoms with E-state index < -0.39 is 18.9 Å². The SMILES string of the molecule is NCC#Cc1ccc(C(=O)NCC(F)F)cc1. The molecule has 0 aliphatic carbocycles. The minimum absolute atomic E-state index is 0.261. The van der Waals surface area contributed by atoms with Gasteiger partial charge < -0.3 is 11.1 Å². The molecule has 0 aromatic heterocycles. The van der Waals surface area contributed by atoms with Crippen molar-refractivity contribution in [3.8, 4) is 11.8 Å². The zero-order valence-corrected chi connectivity index (χ0v) is 9.04. The van der Waals surface area contributed by atoms with Crippen molar-refractivity contribution < 1.29 is 13.6 Å². The van der Waals surface area contributed by atoms with E-state index in [4.69, 9.17) is 5.73 Å². The van der Waals surface area contributed by atoms with Crippen LogP contribution >= 0.6 is 0 Å². The fraction of sp³-hybridized carbons (Fsp3) is 0.250. The second kappa shape index (κ2) is 6.61. The van der Waals surface area contributed by atoms with E-state index >= 15 is 0 Å². The number of hydrogen-bond donors (Lipinski definition) is 2. The minimum Gasteiger partial charge on any atom is -0.346 e. The summed E-state index contributed by atoms with van der Waals surface area (Å²) in [6.07, 6.45) is -2.55. The highest BCUT2D eigenvalue weighted by Crippen LogP contribution is 2.03. The number of carbonyl (C=O) groups excluding carboxylic acids is 1. The number of carbonyl (C=O) groups is 1. The number of halogens is 2. The third-order valence-electron chi connectivity index (χ3n) is 1.90. The average molecular weight is 238 g/mol. The van der Waals surface area contributed by atoms with Gasteiger partial charge in [-0.3, -0.25) is 4.79 Å². The van der Waals surface area contributed by atoms with E-state index in [1.54, 1.807) is 12.1 Å². The molecule has 0 saturated heterocycles. The summed E-state index contributed by atoms with van der Waals surface area (Å²) >= 11 is 0. The lowest BCUT2D eigenvalue weighted by Crippen LogP contribution is -2.28. The molecular formula is C12H12F2N2O. The molecule has 0 saturated carbocycles. The molecule has 1 aromatic rings. The first-order chi connectivity index (χ1) is 8.13. The topological polar surface area (TPSA) is 55.1 Å². The molecule has 0 heterocycles. The van der Waals surface area contributed by atoms with E-state index in [0.29, 0.717) is 5.56 Å². The fourth-order valence-electron chi connectivity index (χ4n) is 1.13. The Balaban J connectivity index is 2.64. The molecule has 1 rings (SSSR count). The molecule has 17 heavy (non-hydrogen) atoms. The van der Waals surface area contributed by atoms with Crippen LogP contribution in [0.2, 0.25) is 0 Å². The molecule has 0 atom stereocenters. The van der Waals surface area contributed by atoms with Crippen LogP contribution in [0.15, 0.2) is 24.3 Å². The first-order valence-electron chi connectivity index (χ1n) is 4.99. The van der Waals surface area contributed by atoms with E-state index in [9.17, 15) is 13.6 Å². The number of nitrogens with two attached hydrogens (primary N) is 1. The van der Waals surface area contributed by atoms with Gasteiger partial charge in [0.1, 0.15) is 0 Å². The molecule has 5 heteroatoms. The molecule has 0 aliphatic heterocycles. The zero-order chi connectivity index (χ0) is 12.7. The Hall–Kier alpha value is -1.93. The molecule has 1 amide bonds. The lowest BCUT2D eigenvalue weighted by atomic mass is 10.1. The van der Waals surface area contributed by atoms with Crippen molar-refractivity contribution in [1.82, 2.24) is 5.32 Å². The number of alkyl halides is 2. The monoisotopic (exact) mass is 238 g/mol. The fourth-order valence-corrected chi connectivity index (χ4v) is 1.13. The number of nitrogens with one attached hydrogen (secondary N) is 1. The minimum atomic E-state index is -2.55. The molecule has 0 spiro atoms. The second-order valence-corrected chi connectivity index (χ2v) is 3.18. The van der Waals surface area contributed by atoms with Gasteiger partial charge in [0.25, 0.3) is 12.3 Å². The van der Waals surface area contributed by atoms with Crippen LogP contribution in [0.4, 0.5) is 8.78 Å². The van der Waals surface area contributed by atoms with Gasteiger partial charge in [-0.1, -0.05) is 11.8 Å². The van der Waals surface area contributed by atoms with Gasteiger partial charge in [0.15, 0.2) is 0 Å². The molecular weight excluding hydrogens is 226 g/mol. The van der Waals surface area contributed by atoms with Gasteiger partial charge >= 0.3 is 0 Å². The molecule has 0 aliphatic rings. The Kier molecular flexibility index (Phi) is 5.11. The average Bonchev–Trinajstić information content (AvgIpc) is 2.34. The van der Waals surface area contributed by atoms with Crippen LogP contribution in [0.5, 0.6) is 0 Å². The molecule has 0 fully saturated rings. The summed E-state index contributed by atoms with van der Waals surface area (Å²) in [5.41, 5.74) is 6.26. The molecule has 0 radical (unpaired) electrons. The van der Waals surface area contributed by atoms with Crippen LogP contribution in [0.1, 0.15) is 15.9 Å². The normalized spacial score (nSPS) is 9.65. The maximum Gasteiger partial charge on any atom is 0.255 e. The van der Waals surface area contributed by atoms with Crippen LogP contribution in [0.25, 0.3) is 0 Å². The molecule has 0 bridgehead atoms. The van der Waals surface area contributed by atoms with E-state index in [0.717, 1.165) is 5.56 Å². The first-order valence-corrected chi connectivity index (χ1v) is 4.99. The van der Waals surface area contributed by atoms with Gasteiger partial charge in [0, 0.05) is 11.1 Å². The van der Waals surface area contributed by atoms with Gasteiger partial charge in [-0.15, -0.1) is 0 Å². The molecule has 3 nitrogen and oxygen atoms in total. The lowest BCUT2D eigenvalue weighted by molar-refractivity contribution is 0.0891. The van der Waals surface area contributed by atoms with Crippen molar-refractivity contribution in [2.24, 2.45) is 5.73 Å². The van der Waals surface area contributed by atoms with E-state index in [-0.39, 0.29) is 6.54 Å². The summed E-state index contributed by atoms with van der Waals surface area (Å²) in [5.74, 6) is 4.94. The highest BCUT2D eigenvalue weighted by atomic mass is 19.3. The summed E-state index contributed by atoms with van der Waals surface area (Å²) in [7, 11) is 0. The second-order valence-electron chi connectivity index (χ2n) is 3.18. The van der Waals surface area contributed by atoms with Gasteiger partial charge in [-0.05, 0) is 24.3 Å². The van der Waals surface area contributed by atoms with Gasteiger partial charge in [0.05, 0.1) is 13.1 Å². The third-order valence-corrected chi connectivity index (χ3v) is 1.90. The predicted molar refractivity (Wildman–Crippen MR) is 60.7 cm³/mol. The first kappa shape index (κ1) is 13.1. The van der Waals surface area contributed by atoms with Crippen molar-refractivity contribution in [2.75, 3.05) is 13.1 Å². The maximum absolute atomic E-state index is 11.9. The predicted octanol–water partition coefficient (Wildman–Crippen LogP) is 0.992. The Morgan fingerprint density at radius 3 is 2.53 bits per heavy atom. The highest BCUT2D eigenvalue weighted by Gasteiger charge is 2.08. The molecule has 1 aromatic carbocycles. The van der Waals surface area contributed by atoms with Crippen LogP contribution in [-0.2, 0) is 0 Å². The van der Waals surface area contributed by atoms with Crippen molar-refractivity contribution >= 4 is 5.91 Å². The number of rotatable bonds is 3. The zero-order valence-electron chi connectivity index (χ0n) is 9.04. The molecule has 0 unspecified atom stereocenters. The van der Waals surface area contributed by atoms with Crippen molar-refractivity contribution in [3.05, 3.63) is 35.4 Å². The number of amides is 1. The van der Waals surface area contributed by atoms with E-state index in [1.807, 2.05) is 0 Å². The van der Waals surface area contributed by atoms with E-state index in [2.05, 4.69) is 17.2 Å². The van der Waals surface area contributed by atoms with Crippen molar-refractivity contribution in [3.63, 3.8) is 0 Å². The quantitative estimate of drug-likeness (QED) is 0.772. The number of hydrogen-bond acceptors (Lipinski definition) is 2. The van der Waals surface area contributed by atoms with Gasteiger partial charge in [-0.2, -0.15) is 0 Å². The number of benzene rings is 1. The molecule has 90 valence electrons. The van der Waals surface area contributed by atoms with Crippen LogP contribution in [0.3, 0.4) is 0 Å². The van der Waals surface area contributed by atoms with Gasteiger partial charge in [-0.25, -0.2) is 8.78 Å². The smallest absolute Gasteiger partial charge is 0.255 e. The highest BCUT2D eigenvalue weighted by molar-refractivity contribution is 5.94. The third kappa shape index (κ3) is 4.62. The van der Waals surface area contributed by atoms with Crippen LogP contribution < -0.4 is 11.1 Å². The van der Waals surface area contributed by atoms with E-state index in [1.165, 1.54) is 12.1 Å². The Morgan fingerprint density at radius 1 is 1.35 bits per heavy atom. The summed E-state index contributed by atoms with van der Waals surface area (Å²) in [5, 5.41) is 2.12. The standard InChI is InChI=1S/C12H12F2N2O/c13-11(14)8-16-12(17)10-5-3-9(4-6-10)2-1-7-15/h3-6,11H,7-8,15H2,(H,16,17). The summed E-state index contributed by atoms with van der Waals surface area (Å²) < 4.78 is 23.7.